The average Bonchev–Trinajstić information content (AvgIpc) is 2.85. The maximum Gasteiger partial charge on any atom is 0.332 e. The molecule has 1 unspecified atom stereocenters. The summed E-state index contributed by atoms with van der Waals surface area (Å²) in [5, 5.41) is 0.994. The lowest BCUT2D eigenvalue weighted by molar-refractivity contribution is 0.216. The van der Waals surface area contributed by atoms with E-state index in [-0.39, 0.29) is 24.9 Å². The van der Waals surface area contributed by atoms with Crippen molar-refractivity contribution in [3.8, 4) is 22.5 Å². The zero-order valence-corrected chi connectivity index (χ0v) is 21.4. The Morgan fingerprint density at radius 3 is 2.43 bits per heavy atom. The second-order valence-corrected chi connectivity index (χ2v) is 10.5. The normalized spacial score (nSPS) is 12.7. The number of aromatic nitrogens is 4. The Kier molecular flexibility index (Phi) is 7.77. The topological polar surface area (TPSA) is 96.2 Å². The van der Waals surface area contributed by atoms with Gasteiger partial charge in [-0.25, -0.2) is 9.97 Å². The van der Waals surface area contributed by atoms with Crippen molar-refractivity contribution in [3.63, 3.8) is 0 Å². The van der Waals surface area contributed by atoms with Gasteiger partial charge in [-0.15, -0.1) is 0 Å². The first-order valence-corrected chi connectivity index (χ1v) is 13.4. The van der Waals surface area contributed by atoms with E-state index in [1.807, 2.05) is 18.2 Å². The number of halogens is 1. The highest BCUT2D eigenvalue weighted by molar-refractivity contribution is 7.53. The molecule has 0 N–H and O–H groups in total. The van der Waals surface area contributed by atoms with Crippen molar-refractivity contribution in [2.24, 2.45) is 0 Å². The van der Waals surface area contributed by atoms with E-state index in [0.717, 1.165) is 11.1 Å². The summed E-state index contributed by atoms with van der Waals surface area (Å²) in [5.74, 6) is 0. The van der Waals surface area contributed by atoms with Gasteiger partial charge in [-0.3, -0.25) is 18.9 Å². The van der Waals surface area contributed by atoms with Crippen LogP contribution in [0.15, 0.2) is 66.0 Å². The van der Waals surface area contributed by atoms with Gasteiger partial charge in [-0.1, -0.05) is 23.7 Å². The molecule has 182 valence electrons. The molecule has 1 aromatic carbocycles. The maximum atomic E-state index is 13.7. The standard InChI is InChI=1S/C25H26ClN4O4P/c1-4-33-35(32,34-5-2)15-17(3)30-16-28-24-21(25(30)31)13-22(18-8-10-20(26)11-9-18)29-23(24)19-7-6-12-27-14-19/h6-14,16-17H,4-5,15H2,1-3H3. The largest absolute Gasteiger partial charge is 0.332 e. The van der Waals surface area contributed by atoms with Gasteiger partial charge >= 0.3 is 7.60 Å². The van der Waals surface area contributed by atoms with E-state index in [1.54, 1.807) is 57.4 Å². The Hall–Kier alpha value is -2.90. The van der Waals surface area contributed by atoms with Crippen LogP contribution in [0.25, 0.3) is 33.4 Å². The first kappa shape index (κ1) is 25.2. The Balaban J connectivity index is 1.88. The molecule has 0 aliphatic carbocycles. The quantitative estimate of drug-likeness (QED) is 0.254. The van der Waals surface area contributed by atoms with Crippen LogP contribution in [0.4, 0.5) is 0 Å². The molecule has 0 aliphatic heterocycles. The summed E-state index contributed by atoms with van der Waals surface area (Å²) >= 11 is 6.06. The third-order valence-corrected chi connectivity index (χ3v) is 7.99. The fourth-order valence-corrected chi connectivity index (χ4v) is 5.90. The maximum absolute atomic E-state index is 13.7. The Labute approximate surface area is 208 Å². The molecular weight excluding hydrogens is 487 g/mol. The van der Waals surface area contributed by atoms with Gasteiger partial charge in [-0.2, -0.15) is 0 Å². The second kappa shape index (κ2) is 10.8. The molecule has 4 aromatic rings. The van der Waals surface area contributed by atoms with Crippen LogP contribution >= 0.6 is 19.2 Å². The van der Waals surface area contributed by atoms with Crippen LogP contribution in [0.2, 0.25) is 5.02 Å². The number of fused-ring (bicyclic) bond motifs is 1. The van der Waals surface area contributed by atoms with Crippen LogP contribution < -0.4 is 5.56 Å². The molecule has 0 saturated heterocycles. The minimum Gasteiger partial charge on any atom is -0.309 e. The van der Waals surface area contributed by atoms with Crippen LogP contribution in [-0.4, -0.2) is 38.9 Å². The van der Waals surface area contributed by atoms with Gasteiger partial charge in [-0.05, 0) is 51.1 Å². The zero-order chi connectivity index (χ0) is 25.0. The summed E-state index contributed by atoms with van der Waals surface area (Å²) in [7, 11) is -3.36. The average molecular weight is 513 g/mol. The van der Waals surface area contributed by atoms with Crippen molar-refractivity contribution >= 4 is 30.1 Å². The van der Waals surface area contributed by atoms with Gasteiger partial charge in [0.1, 0.15) is 5.52 Å². The van der Waals surface area contributed by atoms with Gasteiger partial charge < -0.3 is 9.05 Å². The van der Waals surface area contributed by atoms with E-state index in [9.17, 15) is 9.36 Å². The molecule has 3 aromatic heterocycles. The first-order valence-electron chi connectivity index (χ1n) is 11.3. The molecule has 8 nitrogen and oxygen atoms in total. The lowest BCUT2D eigenvalue weighted by atomic mass is 10.1. The summed E-state index contributed by atoms with van der Waals surface area (Å²) in [5.41, 5.74) is 2.88. The number of rotatable bonds is 9. The lowest BCUT2D eigenvalue weighted by Gasteiger charge is -2.22. The number of hydrogen-bond donors (Lipinski definition) is 0. The van der Waals surface area contributed by atoms with E-state index >= 15 is 0 Å². The molecule has 0 aliphatic rings. The van der Waals surface area contributed by atoms with Gasteiger partial charge in [0.25, 0.3) is 5.56 Å². The van der Waals surface area contributed by atoms with E-state index < -0.39 is 13.6 Å². The van der Waals surface area contributed by atoms with Gasteiger partial charge in [0.15, 0.2) is 0 Å². The Bertz CT molecular complexity index is 1420. The van der Waals surface area contributed by atoms with Crippen molar-refractivity contribution in [1.82, 2.24) is 19.5 Å². The number of benzene rings is 1. The fraction of sp³-hybridized carbons (Fsp3) is 0.280. The summed E-state index contributed by atoms with van der Waals surface area (Å²) in [4.78, 5) is 27.3. The van der Waals surface area contributed by atoms with E-state index in [1.165, 1.54) is 10.9 Å². The number of hydrogen-bond acceptors (Lipinski definition) is 7. The monoisotopic (exact) mass is 512 g/mol. The van der Waals surface area contributed by atoms with Gasteiger partial charge in [0.05, 0.1) is 42.5 Å². The molecule has 0 saturated carbocycles. The smallest absolute Gasteiger partial charge is 0.309 e. The minimum absolute atomic E-state index is 0.0480. The molecule has 0 radical (unpaired) electrons. The Morgan fingerprint density at radius 1 is 1.09 bits per heavy atom. The van der Waals surface area contributed by atoms with Crippen LogP contribution in [0.1, 0.15) is 26.8 Å². The molecule has 35 heavy (non-hydrogen) atoms. The van der Waals surface area contributed by atoms with Crippen molar-refractivity contribution in [2.45, 2.75) is 26.8 Å². The van der Waals surface area contributed by atoms with Gasteiger partial charge in [0, 0.05) is 34.6 Å². The highest BCUT2D eigenvalue weighted by atomic mass is 35.5. The summed E-state index contributed by atoms with van der Waals surface area (Å²) in [6.45, 7) is 5.80. The summed E-state index contributed by atoms with van der Waals surface area (Å²) in [6, 6.07) is 12.2. The zero-order valence-electron chi connectivity index (χ0n) is 19.7. The Morgan fingerprint density at radius 2 is 1.80 bits per heavy atom. The number of nitrogens with zero attached hydrogens (tertiary/aromatic N) is 4. The molecule has 0 bridgehead atoms. The predicted octanol–water partition coefficient (Wildman–Crippen LogP) is 6.00. The lowest BCUT2D eigenvalue weighted by Crippen LogP contribution is -2.26. The van der Waals surface area contributed by atoms with Crippen molar-refractivity contribution in [3.05, 3.63) is 76.6 Å². The highest BCUT2D eigenvalue weighted by Gasteiger charge is 2.28. The summed E-state index contributed by atoms with van der Waals surface area (Å²) < 4.78 is 25.4. The van der Waals surface area contributed by atoms with Crippen LogP contribution in [0.3, 0.4) is 0 Å². The summed E-state index contributed by atoms with van der Waals surface area (Å²) in [6.07, 6.45) is 4.86. The molecule has 4 rings (SSSR count). The minimum atomic E-state index is -3.36. The molecular formula is C25H26ClN4O4P. The van der Waals surface area contributed by atoms with Crippen molar-refractivity contribution in [2.75, 3.05) is 19.4 Å². The van der Waals surface area contributed by atoms with Crippen LogP contribution in [-0.2, 0) is 13.6 Å². The first-order chi connectivity index (χ1) is 16.8. The van der Waals surface area contributed by atoms with E-state index in [2.05, 4.69) is 9.97 Å². The van der Waals surface area contributed by atoms with Crippen LogP contribution in [0, 0.1) is 0 Å². The van der Waals surface area contributed by atoms with Crippen LogP contribution in [0.5, 0.6) is 0 Å². The second-order valence-electron chi connectivity index (χ2n) is 7.94. The van der Waals surface area contributed by atoms with Gasteiger partial charge in [0.2, 0.25) is 0 Å². The predicted molar refractivity (Wildman–Crippen MR) is 138 cm³/mol. The molecule has 1 atom stereocenters. The van der Waals surface area contributed by atoms with E-state index in [4.69, 9.17) is 25.6 Å². The molecule has 0 amide bonds. The third kappa shape index (κ3) is 5.52. The molecule has 3 heterocycles. The fourth-order valence-electron chi connectivity index (χ4n) is 3.88. The van der Waals surface area contributed by atoms with Crippen molar-refractivity contribution in [1.29, 1.82) is 0 Å². The molecule has 0 fully saturated rings. The SMILES string of the molecule is CCOP(=O)(CC(C)n1cnc2c(-c3cccnc3)nc(-c3ccc(Cl)cc3)cc2c1=O)OCC. The number of pyridine rings is 2. The third-order valence-electron chi connectivity index (χ3n) is 5.46. The van der Waals surface area contributed by atoms with Crippen molar-refractivity contribution < 1.29 is 13.6 Å². The molecule has 0 spiro atoms. The van der Waals surface area contributed by atoms with E-state index in [0.29, 0.717) is 27.3 Å². The highest BCUT2D eigenvalue weighted by Crippen LogP contribution is 2.50. The molecule has 10 heteroatoms.